The first-order valence-electron chi connectivity index (χ1n) is 10.9. The fourth-order valence-electron chi connectivity index (χ4n) is 3.54. The number of amides is 2. The molecule has 174 valence electrons. The van der Waals surface area contributed by atoms with E-state index in [-0.39, 0.29) is 5.57 Å². The zero-order valence-corrected chi connectivity index (χ0v) is 19.3. The average Bonchev–Trinajstić information content (AvgIpc) is 3.13. The third kappa shape index (κ3) is 5.04. The third-order valence-corrected chi connectivity index (χ3v) is 5.35. The van der Waals surface area contributed by atoms with Gasteiger partial charge in [-0.15, -0.1) is 0 Å². The highest BCUT2D eigenvalue weighted by atomic mass is 16.5. The third-order valence-electron chi connectivity index (χ3n) is 5.35. The lowest BCUT2D eigenvalue weighted by atomic mass is 10.1. The monoisotopic (exact) mass is 458 g/mol. The van der Waals surface area contributed by atoms with Crippen molar-refractivity contribution in [2.45, 2.75) is 13.8 Å². The van der Waals surface area contributed by atoms with Crippen LogP contribution in [-0.2, 0) is 9.59 Å². The number of carbonyl (C=O) groups is 2. The highest BCUT2D eigenvalue weighted by Gasteiger charge is 2.34. The number of methoxy groups -OCH3 is 1. The Kier molecular flexibility index (Phi) is 6.82. The van der Waals surface area contributed by atoms with Crippen molar-refractivity contribution in [1.82, 2.24) is 5.43 Å². The van der Waals surface area contributed by atoms with Crippen LogP contribution in [0.4, 0.5) is 5.69 Å². The molecule has 7 heteroatoms. The van der Waals surface area contributed by atoms with Crippen LogP contribution in [0.2, 0.25) is 0 Å². The minimum atomic E-state index is -0.461. The van der Waals surface area contributed by atoms with Gasteiger partial charge in [-0.2, -0.15) is 0 Å². The van der Waals surface area contributed by atoms with Crippen molar-refractivity contribution < 1.29 is 23.8 Å². The summed E-state index contributed by atoms with van der Waals surface area (Å²) in [6.45, 7) is 4.73. The SMILES string of the molecule is COc1cc(C=C2C(=O)NN(c3ccccc3)C2=O)ccc1OCCOc1cc(C)ccc1C. The second-order valence-electron chi connectivity index (χ2n) is 7.85. The van der Waals surface area contributed by atoms with Crippen LogP contribution >= 0.6 is 0 Å². The van der Waals surface area contributed by atoms with Gasteiger partial charge in [-0.25, -0.2) is 5.01 Å². The van der Waals surface area contributed by atoms with E-state index in [9.17, 15) is 9.59 Å². The van der Waals surface area contributed by atoms with Crippen LogP contribution in [0.5, 0.6) is 17.2 Å². The van der Waals surface area contributed by atoms with Gasteiger partial charge in [0.05, 0.1) is 12.8 Å². The number of anilines is 1. The molecule has 0 saturated carbocycles. The van der Waals surface area contributed by atoms with Gasteiger partial charge < -0.3 is 14.2 Å². The molecule has 3 aromatic carbocycles. The summed E-state index contributed by atoms with van der Waals surface area (Å²) >= 11 is 0. The Hall–Kier alpha value is -4.26. The van der Waals surface area contributed by atoms with Crippen molar-refractivity contribution in [3.63, 3.8) is 0 Å². The zero-order chi connectivity index (χ0) is 24.1. The van der Waals surface area contributed by atoms with E-state index >= 15 is 0 Å². The minimum Gasteiger partial charge on any atom is -0.493 e. The van der Waals surface area contributed by atoms with Crippen molar-refractivity contribution in [3.8, 4) is 17.2 Å². The number of para-hydroxylation sites is 1. The summed E-state index contributed by atoms with van der Waals surface area (Å²) in [5.74, 6) is 0.992. The lowest BCUT2D eigenvalue weighted by Gasteiger charge is -2.14. The molecule has 1 fully saturated rings. The molecule has 0 aromatic heterocycles. The van der Waals surface area contributed by atoms with Gasteiger partial charge in [-0.05, 0) is 66.9 Å². The Bertz CT molecular complexity index is 1240. The first-order valence-corrected chi connectivity index (χ1v) is 10.9. The van der Waals surface area contributed by atoms with Gasteiger partial charge in [-0.1, -0.05) is 36.4 Å². The number of aryl methyl sites for hydroxylation is 2. The van der Waals surface area contributed by atoms with Gasteiger partial charge >= 0.3 is 0 Å². The van der Waals surface area contributed by atoms with Gasteiger partial charge in [-0.3, -0.25) is 15.0 Å². The van der Waals surface area contributed by atoms with Gasteiger partial charge in [0.2, 0.25) is 0 Å². The maximum atomic E-state index is 12.8. The fourth-order valence-corrected chi connectivity index (χ4v) is 3.54. The smallest absolute Gasteiger partial charge is 0.282 e. The second kappa shape index (κ2) is 10.1. The van der Waals surface area contributed by atoms with Crippen LogP contribution in [0.15, 0.2) is 72.3 Å². The van der Waals surface area contributed by atoms with Crippen molar-refractivity contribution in [1.29, 1.82) is 0 Å². The number of rotatable bonds is 8. The molecule has 0 aliphatic carbocycles. The zero-order valence-electron chi connectivity index (χ0n) is 19.3. The summed E-state index contributed by atoms with van der Waals surface area (Å²) in [7, 11) is 1.54. The first-order chi connectivity index (χ1) is 16.5. The summed E-state index contributed by atoms with van der Waals surface area (Å²) in [5.41, 5.74) is 6.07. The molecule has 1 heterocycles. The van der Waals surface area contributed by atoms with E-state index in [1.165, 1.54) is 18.2 Å². The number of benzene rings is 3. The van der Waals surface area contributed by atoms with E-state index in [1.807, 2.05) is 38.1 Å². The fraction of sp³-hybridized carbons (Fsp3) is 0.185. The highest BCUT2D eigenvalue weighted by Crippen LogP contribution is 2.30. The van der Waals surface area contributed by atoms with Crippen molar-refractivity contribution in [3.05, 3.63) is 89.0 Å². The molecule has 3 aromatic rings. The van der Waals surface area contributed by atoms with E-state index in [4.69, 9.17) is 14.2 Å². The van der Waals surface area contributed by atoms with Crippen molar-refractivity contribution in [2.24, 2.45) is 0 Å². The molecule has 0 radical (unpaired) electrons. The van der Waals surface area contributed by atoms with Crippen LogP contribution in [0.3, 0.4) is 0 Å². The Balaban J connectivity index is 1.42. The standard InChI is InChI=1S/C27H26N2O5/c1-18-9-10-19(2)24(15-18)34-14-13-33-23-12-11-20(17-25(23)32-3)16-22-26(30)28-29(27(22)31)21-7-5-4-6-8-21/h4-12,15-17H,13-14H2,1-3H3,(H,28,30). The summed E-state index contributed by atoms with van der Waals surface area (Å²) < 4.78 is 17.1. The Labute approximate surface area is 198 Å². The summed E-state index contributed by atoms with van der Waals surface area (Å²) in [6, 6.07) is 20.2. The minimum absolute atomic E-state index is 0.0431. The molecule has 1 aliphatic rings. The average molecular weight is 459 g/mol. The topological polar surface area (TPSA) is 77.1 Å². The first kappa shape index (κ1) is 22.9. The van der Waals surface area contributed by atoms with Crippen LogP contribution < -0.4 is 24.6 Å². The van der Waals surface area contributed by atoms with Crippen LogP contribution in [-0.4, -0.2) is 32.1 Å². The molecule has 0 bridgehead atoms. The number of nitrogens with zero attached hydrogens (tertiary/aromatic N) is 1. The number of hydrogen-bond acceptors (Lipinski definition) is 5. The number of carbonyl (C=O) groups excluding carboxylic acids is 2. The molecule has 1 saturated heterocycles. The Morgan fingerprint density at radius 3 is 2.32 bits per heavy atom. The van der Waals surface area contributed by atoms with Gasteiger partial charge in [0, 0.05) is 0 Å². The quantitative estimate of drug-likeness (QED) is 0.311. The summed E-state index contributed by atoms with van der Waals surface area (Å²) in [6.07, 6.45) is 1.54. The van der Waals surface area contributed by atoms with Gasteiger partial charge in [0.1, 0.15) is 24.5 Å². The van der Waals surface area contributed by atoms with E-state index in [0.717, 1.165) is 16.9 Å². The largest absolute Gasteiger partial charge is 0.493 e. The van der Waals surface area contributed by atoms with E-state index in [2.05, 4.69) is 5.43 Å². The molecule has 1 aliphatic heterocycles. The Morgan fingerprint density at radius 1 is 0.853 bits per heavy atom. The van der Waals surface area contributed by atoms with Crippen LogP contribution in [0.1, 0.15) is 16.7 Å². The normalized spacial score (nSPS) is 14.3. The maximum Gasteiger partial charge on any atom is 0.282 e. The molecule has 0 unspecified atom stereocenters. The molecule has 0 spiro atoms. The molecule has 4 rings (SSSR count). The Morgan fingerprint density at radius 2 is 1.59 bits per heavy atom. The van der Waals surface area contributed by atoms with E-state index < -0.39 is 11.8 Å². The van der Waals surface area contributed by atoms with Crippen molar-refractivity contribution >= 4 is 23.6 Å². The molecule has 1 N–H and O–H groups in total. The maximum absolute atomic E-state index is 12.8. The molecule has 7 nitrogen and oxygen atoms in total. The lowest BCUT2D eigenvalue weighted by molar-refractivity contribution is -0.117. The predicted molar refractivity (Wildman–Crippen MR) is 130 cm³/mol. The number of hydrogen-bond donors (Lipinski definition) is 1. The molecule has 2 amide bonds. The lowest BCUT2D eigenvalue weighted by Crippen LogP contribution is -2.35. The van der Waals surface area contributed by atoms with E-state index in [1.54, 1.807) is 42.5 Å². The summed E-state index contributed by atoms with van der Waals surface area (Å²) in [4.78, 5) is 25.2. The molecule has 0 atom stereocenters. The summed E-state index contributed by atoms with van der Waals surface area (Å²) in [5, 5.41) is 1.23. The van der Waals surface area contributed by atoms with Gasteiger partial charge in [0.15, 0.2) is 11.5 Å². The van der Waals surface area contributed by atoms with Crippen molar-refractivity contribution in [2.75, 3.05) is 25.3 Å². The van der Waals surface area contributed by atoms with Crippen LogP contribution in [0.25, 0.3) is 6.08 Å². The molecular weight excluding hydrogens is 432 g/mol. The molecule has 34 heavy (non-hydrogen) atoms. The van der Waals surface area contributed by atoms with E-state index in [0.29, 0.717) is 36.0 Å². The number of ether oxygens (including phenoxy) is 3. The van der Waals surface area contributed by atoms with Gasteiger partial charge in [0.25, 0.3) is 11.8 Å². The second-order valence-corrected chi connectivity index (χ2v) is 7.85. The predicted octanol–water partition coefficient (Wildman–Crippen LogP) is 4.23. The number of hydrazine groups is 1. The highest BCUT2D eigenvalue weighted by molar-refractivity contribution is 6.31. The van der Waals surface area contributed by atoms with Crippen LogP contribution in [0, 0.1) is 13.8 Å². The molecular formula is C27H26N2O5. The number of nitrogens with one attached hydrogen (secondary N) is 1.